The molecule has 5 heteroatoms. The van der Waals surface area contributed by atoms with Crippen molar-refractivity contribution in [3.05, 3.63) is 35.9 Å². The quantitative estimate of drug-likeness (QED) is 0.745. The molecular formula is C26H37N3O2. The number of amides is 2. The van der Waals surface area contributed by atoms with Gasteiger partial charge in [-0.05, 0) is 50.0 Å². The highest BCUT2D eigenvalue weighted by atomic mass is 16.2. The third kappa shape index (κ3) is 4.52. The number of likely N-dealkylation sites (tertiary alicyclic amines) is 3. The van der Waals surface area contributed by atoms with Gasteiger partial charge in [-0.2, -0.15) is 0 Å². The number of benzene rings is 1. The minimum absolute atomic E-state index is 0.262. The van der Waals surface area contributed by atoms with Crippen molar-refractivity contribution in [2.45, 2.75) is 82.3 Å². The summed E-state index contributed by atoms with van der Waals surface area (Å²) in [6.07, 6.45) is 10.8. The molecule has 4 fully saturated rings. The molecule has 0 unspecified atom stereocenters. The normalized spacial score (nSPS) is 28.7. The number of carbonyl (C=O) groups excluding carboxylic acids is 2. The monoisotopic (exact) mass is 423 g/mol. The summed E-state index contributed by atoms with van der Waals surface area (Å²) in [5.41, 5.74) is 1.10. The number of nitrogens with zero attached hydrogens (tertiary/aromatic N) is 3. The Morgan fingerprint density at radius 2 is 1.52 bits per heavy atom. The molecule has 0 N–H and O–H groups in total. The molecule has 0 aromatic heterocycles. The van der Waals surface area contributed by atoms with Crippen LogP contribution in [0.25, 0.3) is 0 Å². The van der Waals surface area contributed by atoms with E-state index in [1.807, 2.05) is 30.3 Å². The molecule has 5 rings (SSSR count). The Morgan fingerprint density at radius 1 is 0.839 bits per heavy atom. The summed E-state index contributed by atoms with van der Waals surface area (Å²) in [6, 6.07) is 11.7. The van der Waals surface area contributed by atoms with Gasteiger partial charge in [0.25, 0.3) is 0 Å². The Labute approximate surface area is 186 Å². The van der Waals surface area contributed by atoms with Crippen LogP contribution in [0, 0.1) is 5.92 Å². The lowest BCUT2D eigenvalue weighted by Crippen LogP contribution is -2.53. The third-order valence-electron chi connectivity index (χ3n) is 8.38. The van der Waals surface area contributed by atoms with E-state index in [0.717, 1.165) is 63.8 Å². The third-order valence-corrected chi connectivity index (χ3v) is 8.38. The summed E-state index contributed by atoms with van der Waals surface area (Å²) in [6.45, 7) is 3.97. The molecule has 2 amide bonds. The molecule has 0 radical (unpaired) electrons. The first-order valence-electron chi connectivity index (χ1n) is 12.6. The summed E-state index contributed by atoms with van der Waals surface area (Å²) >= 11 is 0. The van der Waals surface area contributed by atoms with Crippen molar-refractivity contribution < 1.29 is 9.59 Å². The van der Waals surface area contributed by atoms with Crippen LogP contribution in [-0.2, 0) is 16.0 Å². The van der Waals surface area contributed by atoms with E-state index in [9.17, 15) is 9.59 Å². The Morgan fingerprint density at radius 3 is 2.26 bits per heavy atom. The molecule has 168 valence electrons. The first-order chi connectivity index (χ1) is 15.2. The van der Waals surface area contributed by atoms with E-state index in [1.54, 1.807) is 0 Å². The Kier molecular flexibility index (Phi) is 6.31. The predicted molar refractivity (Wildman–Crippen MR) is 122 cm³/mol. The van der Waals surface area contributed by atoms with Crippen molar-refractivity contribution in [2.75, 3.05) is 26.2 Å². The molecule has 0 spiro atoms. The van der Waals surface area contributed by atoms with Crippen LogP contribution in [0.4, 0.5) is 0 Å². The maximum atomic E-state index is 12.7. The van der Waals surface area contributed by atoms with Crippen molar-refractivity contribution in [2.24, 2.45) is 5.92 Å². The Hall–Kier alpha value is -1.88. The lowest BCUT2D eigenvalue weighted by atomic mass is 9.84. The highest BCUT2D eigenvalue weighted by Crippen LogP contribution is 2.39. The smallest absolute Gasteiger partial charge is 0.226 e. The number of piperidine rings is 2. The van der Waals surface area contributed by atoms with Gasteiger partial charge in [0, 0.05) is 50.7 Å². The summed E-state index contributed by atoms with van der Waals surface area (Å²) in [5, 5.41) is 0. The van der Waals surface area contributed by atoms with Crippen LogP contribution in [0.5, 0.6) is 0 Å². The number of hydrogen-bond donors (Lipinski definition) is 0. The van der Waals surface area contributed by atoms with E-state index in [0.29, 0.717) is 36.4 Å². The first kappa shape index (κ1) is 21.0. The molecule has 1 aromatic carbocycles. The van der Waals surface area contributed by atoms with E-state index in [4.69, 9.17) is 0 Å². The lowest BCUT2D eigenvalue weighted by molar-refractivity contribution is -0.132. The number of rotatable bonds is 4. The van der Waals surface area contributed by atoms with E-state index in [1.165, 1.54) is 25.7 Å². The van der Waals surface area contributed by atoms with Gasteiger partial charge < -0.3 is 14.7 Å². The van der Waals surface area contributed by atoms with Gasteiger partial charge >= 0.3 is 0 Å². The minimum Gasteiger partial charge on any atom is -0.342 e. The summed E-state index contributed by atoms with van der Waals surface area (Å²) in [4.78, 5) is 32.4. The highest BCUT2D eigenvalue weighted by molar-refractivity contribution is 5.80. The molecular weight excluding hydrogens is 386 g/mol. The van der Waals surface area contributed by atoms with Gasteiger partial charge in [-0.15, -0.1) is 0 Å². The number of carbonyl (C=O) groups is 2. The Bertz CT molecular complexity index is 766. The van der Waals surface area contributed by atoms with Crippen LogP contribution in [0.1, 0.15) is 63.4 Å². The topological polar surface area (TPSA) is 43.9 Å². The van der Waals surface area contributed by atoms with Gasteiger partial charge in [0.15, 0.2) is 0 Å². The summed E-state index contributed by atoms with van der Waals surface area (Å²) < 4.78 is 0. The fraction of sp³-hybridized carbons (Fsp3) is 0.692. The van der Waals surface area contributed by atoms with Crippen LogP contribution in [0.2, 0.25) is 0 Å². The zero-order valence-electron chi connectivity index (χ0n) is 18.8. The SMILES string of the molecule is O=C(Cc1ccccc1)N1CCC(N2CCC(N3C(=O)C[C@@H]4CCCC[C@H]43)CC2)CC1. The van der Waals surface area contributed by atoms with Crippen LogP contribution in [0.15, 0.2) is 30.3 Å². The average molecular weight is 424 g/mol. The van der Waals surface area contributed by atoms with Crippen molar-refractivity contribution in [1.29, 1.82) is 0 Å². The second-order valence-electron chi connectivity index (χ2n) is 10.2. The molecule has 1 saturated carbocycles. The molecule has 4 aliphatic rings. The highest BCUT2D eigenvalue weighted by Gasteiger charge is 2.44. The average Bonchev–Trinajstić information content (AvgIpc) is 3.15. The molecule has 3 heterocycles. The fourth-order valence-corrected chi connectivity index (χ4v) is 6.67. The lowest BCUT2D eigenvalue weighted by Gasteiger charge is -2.45. The van der Waals surface area contributed by atoms with Gasteiger partial charge in [0.2, 0.25) is 11.8 Å². The maximum Gasteiger partial charge on any atom is 0.226 e. The van der Waals surface area contributed by atoms with E-state index < -0.39 is 0 Å². The second kappa shape index (κ2) is 9.32. The fourth-order valence-electron chi connectivity index (χ4n) is 6.67. The van der Waals surface area contributed by atoms with E-state index in [-0.39, 0.29) is 5.91 Å². The number of fused-ring (bicyclic) bond motifs is 1. The van der Waals surface area contributed by atoms with Crippen molar-refractivity contribution in [3.63, 3.8) is 0 Å². The molecule has 1 aromatic rings. The van der Waals surface area contributed by atoms with E-state index in [2.05, 4.69) is 14.7 Å². The van der Waals surface area contributed by atoms with Gasteiger partial charge in [-0.1, -0.05) is 43.2 Å². The molecule has 5 nitrogen and oxygen atoms in total. The van der Waals surface area contributed by atoms with Crippen LogP contribution in [0.3, 0.4) is 0 Å². The van der Waals surface area contributed by atoms with Crippen molar-refractivity contribution in [3.8, 4) is 0 Å². The zero-order valence-corrected chi connectivity index (χ0v) is 18.8. The molecule has 1 aliphatic carbocycles. The predicted octanol–water partition coefficient (Wildman–Crippen LogP) is 3.48. The van der Waals surface area contributed by atoms with Gasteiger partial charge in [0.05, 0.1) is 6.42 Å². The van der Waals surface area contributed by atoms with Crippen molar-refractivity contribution >= 4 is 11.8 Å². The van der Waals surface area contributed by atoms with Crippen LogP contribution >= 0.6 is 0 Å². The van der Waals surface area contributed by atoms with Crippen LogP contribution in [-0.4, -0.2) is 70.8 Å². The molecule has 3 saturated heterocycles. The van der Waals surface area contributed by atoms with Crippen LogP contribution < -0.4 is 0 Å². The largest absolute Gasteiger partial charge is 0.342 e. The molecule has 0 bridgehead atoms. The molecule has 3 aliphatic heterocycles. The first-order valence-corrected chi connectivity index (χ1v) is 12.6. The van der Waals surface area contributed by atoms with Crippen molar-refractivity contribution in [1.82, 2.24) is 14.7 Å². The maximum absolute atomic E-state index is 12.7. The molecule has 31 heavy (non-hydrogen) atoms. The van der Waals surface area contributed by atoms with Gasteiger partial charge in [-0.3, -0.25) is 9.59 Å². The standard InChI is InChI=1S/C26H37N3O2/c30-25(18-20-6-2-1-3-7-20)28-16-10-22(11-17-28)27-14-12-23(13-15-27)29-24-9-5-4-8-21(24)19-26(29)31/h1-3,6-7,21-24H,4-5,8-19H2/t21-,24+/m0/s1. The number of hydrogen-bond acceptors (Lipinski definition) is 3. The molecule has 2 atom stereocenters. The zero-order chi connectivity index (χ0) is 21.2. The Balaban J connectivity index is 1.09. The summed E-state index contributed by atoms with van der Waals surface area (Å²) in [5.74, 6) is 1.33. The second-order valence-corrected chi connectivity index (χ2v) is 10.2. The van der Waals surface area contributed by atoms with Gasteiger partial charge in [-0.25, -0.2) is 0 Å². The van der Waals surface area contributed by atoms with E-state index >= 15 is 0 Å². The minimum atomic E-state index is 0.262. The summed E-state index contributed by atoms with van der Waals surface area (Å²) in [7, 11) is 0. The van der Waals surface area contributed by atoms with Gasteiger partial charge in [0.1, 0.15) is 0 Å².